The number of nitrogens with one attached hydrogen (secondary N) is 1. The van der Waals surface area contributed by atoms with E-state index < -0.39 is 29.1 Å². The normalized spacial score (nSPS) is 20.7. The minimum Gasteiger partial charge on any atom is -0.276 e. The van der Waals surface area contributed by atoms with E-state index in [2.05, 4.69) is 5.32 Å². The summed E-state index contributed by atoms with van der Waals surface area (Å²) in [6.45, 7) is 0. The largest absolute Gasteiger partial charge is 0.335 e. The van der Waals surface area contributed by atoms with Gasteiger partial charge < -0.3 is 0 Å². The van der Waals surface area contributed by atoms with Crippen molar-refractivity contribution < 1.29 is 18.8 Å². The summed E-state index contributed by atoms with van der Waals surface area (Å²) in [5.74, 6) is -2.07. The Kier molecular flexibility index (Phi) is 2.40. The van der Waals surface area contributed by atoms with E-state index in [-0.39, 0.29) is 10.7 Å². The van der Waals surface area contributed by atoms with E-state index in [4.69, 9.17) is 11.6 Å². The highest BCUT2D eigenvalue weighted by Crippen LogP contribution is 2.49. The summed E-state index contributed by atoms with van der Waals surface area (Å²) >= 11 is 5.62. The lowest BCUT2D eigenvalue weighted by atomic mass is 10.0. The van der Waals surface area contributed by atoms with Crippen LogP contribution in [0.2, 0.25) is 5.02 Å². The van der Waals surface area contributed by atoms with E-state index in [1.807, 2.05) is 0 Å². The fourth-order valence-electron chi connectivity index (χ4n) is 2.12. The maximum Gasteiger partial charge on any atom is 0.335 e. The summed E-state index contributed by atoms with van der Waals surface area (Å²) in [6.07, 6.45) is 0.743. The van der Waals surface area contributed by atoms with Gasteiger partial charge in [0, 0.05) is 5.02 Å². The zero-order valence-corrected chi connectivity index (χ0v) is 10.3. The first-order valence-electron chi connectivity index (χ1n) is 5.61. The van der Waals surface area contributed by atoms with E-state index in [1.54, 1.807) is 0 Å². The third kappa shape index (κ3) is 1.63. The highest BCUT2D eigenvalue weighted by atomic mass is 35.5. The Bertz CT molecular complexity index is 627. The molecular formula is C12H8ClFN2O3. The number of rotatable bonds is 1. The van der Waals surface area contributed by atoms with Crippen LogP contribution >= 0.6 is 11.6 Å². The van der Waals surface area contributed by atoms with Crippen LogP contribution in [0.3, 0.4) is 0 Å². The van der Waals surface area contributed by atoms with Crippen LogP contribution in [0.5, 0.6) is 0 Å². The molecule has 2 aliphatic rings. The number of hydrogen-bond donors (Lipinski definition) is 1. The molecule has 0 aromatic heterocycles. The molecule has 98 valence electrons. The van der Waals surface area contributed by atoms with Gasteiger partial charge >= 0.3 is 6.03 Å². The van der Waals surface area contributed by atoms with Gasteiger partial charge in [0.1, 0.15) is 11.2 Å². The van der Waals surface area contributed by atoms with E-state index in [1.165, 1.54) is 12.1 Å². The molecule has 1 aliphatic carbocycles. The number of hydrogen-bond acceptors (Lipinski definition) is 3. The van der Waals surface area contributed by atoms with Gasteiger partial charge in [0.2, 0.25) is 5.91 Å². The number of amides is 4. The lowest BCUT2D eigenvalue weighted by Crippen LogP contribution is -2.59. The van der Waals surface area contributed by atoms with Crippen LogP contribution in [0.15, 0.2) is 18.2 Å². The maximum atomic E-state index is 13.8. The Morgan fingerprint density at radius 3 is 2.53 bits per heavy atom. The molecule has 4 amide bonds. The zero-order valence-electron chi connectivity index (χ0n) is 9.57. The van der Waals surface area contributed by atoms with Crippen molar-refractivity contribution in [1.29, 1.82) is 0 Å². The molecule has 1 aliphatic heterocycles. The second kappa shape index (κ2) is 3.77. The smallest absolute Gasteiger partial charge is 0.276 e. The minimum absolute atomic E-state index is 0.156. The van der Waals surface area contributed by atoms with E-state index in [0.29, 0.717) is 17.7 Å². The van der Waals surface area contributed by atoms with Gasteiger partial charge in [-0.15, -0.1) is 0 Å². The molecule has 1 aromatic carbocycles. The predicted molar refractivity (Wildman–Crippen MR) is 64.1 cm³/mol. The van der Waals surface area contributed by atoms with E-state index in [0.717, 1.165) is 6.07 Å². The molecule has 0 unspecified atom stereocenters. The van der Waals surface area contributed by atoms with Crippen LogP contribution in [0.1, 0.15) is 12.8 Å². The monoisotopic (exact) mass is 282 g/mol. The van der Waals surface area contributed by atoms with Crippen molar-refractivity contribution in [1.82, 2.24) is 5.32 Å². The lowest BCUT2D eigenvalue weighted by molar-refractivity contribution is -0.136. The molecule has 0 bridgehead atoms. The van der Waals surface area contributed by atoms with Crippen LogP contribution in [0.25, 0.3) is 0 Å². The Morgan fingerprint density at radius 2 is 1.95 bits per heavy atom. The Morgan fingerprint density at radius 1 is 1.26 bits per heavy atom. The first kappa shape index (κ1) is 12.1. The standard InChI is InChI=1S/C12H8ClFN2O3/c13-6-1-2-8(7(14)5-6)16-10(18)12(3-4-12)9(17)15-11(16)19/h1-2,5H,3-4H2,(H,15,17,19). The van der Waals surface area contributed by atoms with E-state index >= 15 is 0 Å². The van der Waals surface area contributed by atoms with Gasteiger partial charge in [-0.05, 0) is 31.0 Å². The van der Waals surface area contributed by atoms with Crippen molar-refractivity contribution in [3.05, 3.63) is 29.0 Å². The van der Waals surface area contributed by atoms with Gasteiger partial charge in [-0.1, -0.05) is 11.6 Å². The summed E-state index contributed by atoms with van der Waals surface area (Å²) in [5, 5.41) is 2.24. The number of nitrogens with zero attached hydrogens (tertiary/aromatic N) is 1. The molecule has 0 atom stereocenters. The zero-order chi connectivity index (χ0) is 13.8. The third-order valence-electron chi connectivity index (χ3n) is 3.37. The number of halogens is 2. The Balaban J connectivity index is 2.06. The van der Waals surface area contributed by atoms with Crippen LogP contribution in [0, 0.1) is 11.2 Å². The molecule has 3 rings (SSSR count). The molecule has 1 saturated heterocycles. The summed E-state index contributed by atoms with van der Waals surface area (Å²) in [6, 6.07) is 2.68. The molecule has 19 heavy (non-hydrogen) atoms. The van der Waals surface area contributed by atoms with Gasteiger partial charge in [-0.25, -0.2) is 14.1 Å². The number of benzene rings is 1. The minimum atomic E-state index is -1.19. The van der Waals surface area contributed by atoms with Gasteiger partial charge in [0.15, 0.2) is 0 Å². The Hall–Kier alpha value is -1.95. The van der Waals surface area contributed by atoms with Gasteiger partial charge in [0.25, 0.3) is 5.91 Å². The first-order valence-corrected chi connectivity index (χ1v) is 5.98. The first-order chi connectivity index (χ1) is 8.95. The van der Waals surface area contributed by atoms with Crippen molar-refractivity contribution in [3.8, 4) is 0 Å². The number of barbiturate groups is 1. The molecule has 1 spiro atoms. The summed E-state index contributed by atoms with van der Waals surface area (Å²) in [4.78, 5) is 36.2. The topological polar surface area (TPSA) is 66.5 Å². The predicted octanol–water partition coefficient (Wildman–Crippen LogP) is 1.84. The number of carbonyl (C=O) groups excluding carboxylic acids is 3. The molecule has 1 N–H and O–H groups in total. The number of imide groups is 2. The average molecular weight is 283 g/mol. The number of urea groups is 1. The van der Waals surface area contributed by atoms with Crippen molar-refractivity contribution in [2.75, 3.05) is 4.90 Å². The van der Waals surface area contributed by atoms with Crippen molar-refractivity contribution >= 4 is 35.1 Å². The lowest BCUT2D eigenvalue weighted by Gasteiger charge is -2.30. The molecule has 5 nitrogen and oxygen atoms in total. The highest BCUT2D eigenvalue weighted by Gasteiger charge is 2.62. The fourth-order valence-corrected chi connectivity index (χ4v) is 2.28. The van der Waals surface area contributed by atoms with Gasteiger partial charge in [-0.3, -0.25) is 14.9 Å². The SMILES string of the molecule is O=C1NC(=O)C2(CC2)C(=O)N1c1ccc(Cl)cc1F. The second-order valence-corrected chi connectivity index (χ2v) is 5.01. The average Bonchev–Trinajstić information content (AvgIpc) is 3.11. The van der Waals surface area contributed by atoms with Crippen LogP contribution in [-0.4, -0.2) is 17.8 Å². The van der Waals surface area contributed by atoms with Crippen molar-refractivity contribution in [3.63, 3.8) is 0 Å². The molecule has 2 fully saturated rings. The van der Waals surface area contributed by atoms with Crippen LogP contribution in [0.4, 0.5) is 14.9 Å². The summed E-state index contributed by atoms with van der Waals surface area (Å²) < 4.78 is 13.8. The van der Waals surface area contributed by atoms with Gasteiger partial charge in [-0.2, -0.15) is 0 Å². The quantitative estimate of drug-likeness (QED) is 0.799. The van der Waals surface area contributed by atoms with Crippen LogP contribution < -0.4 is 10.2 Å². The Labute approximate surface area is 112 Å². The van der Waals surface area contributed by atoms with Crippen molar-refractivity contribution in [2.45, 2.75) is 12.8 Å². The molecule has 1 aromatic rings. The number of carbonyl (C=O) groups is 3. The maximum absolute atomic E-state index is 13.8. The van der Waals surface area contributed by atoms with Gasteiger partial charge in [0.05, 0.1) is 5.69 Å². The second-order valence-electron chi connectivity index (χ2n) is 4.58. The highest BCUT2D eigenvalue weighted by molar-refractivity contribution is 6.32. The van der Waals surface area contributed by atoms with Crippen molar-refractivity contribution in [2.24, 2.45) is 5.41 Å². The fraction of sp³-hybridized carbons (Fsp3) is 0.250. The summed E-state index contributed by atoms with van der Waals surface area (Å²) in [7, 11) is 0. The molecule has 1 saturated carbocycles. The van der Waals surface area contributed by atoms with Crippen LogP contribution in [-0.2, 0) is 9.59 Å². The molecular weight excluding hydrogens is 275 g/mol. The molecule has 0 radical (unpaired) electrons. The summed E-state index contributed by atoms with van der Waals surface area (Å²) in [5.41, 5.74) is -1.40. The molecule has 7 heteroatoms. The van der Waals surface area contributed by atoms with E-state index in [9.17, 15) is 18.8 Å². The molecule has 1 heterocycles. The number of anilines is 1. The third-order valence-corrected chi connectivity index (χ3v) is 3.61.